The molecular formula is C6H9IN2S. The lowest BCUT2D eigenvalue weighted by Crippen LogP contribution is -1.97. The Bertz CT molecular complexity index is 199. The standard InChI is InChI=1S/C6H9IN2S/c7-6-4-8-9(5-6)2-1-3-10/h4-5,10H,1-3H2. The van der Waals surface area contributed by atoms with E-state index in [4.69, 9.17) is 0 Å². The van der Waals surface area contributed by atoms with Crippen LogP contribution in [0.25, 0.3) is 0 Å². The van der Waals surface area contributed by atoms with Crippen LogP contribution < -0.4 is 0 Å². The minimum absolute atomic E-state index is 0.927. The molecule has 56 valence electrons. The van der Waals surface area contributed by atoms with E-state index in [-0.39, 0.29) is 0 Å². The molecule has 0 atom stereocenters. The molecule has 2 nitrogen and oxygen atoms in total. The first-order valence-electron chi connectivity index (χ1n) is 3.12. The zero-order valence-corrected chi connectivity index (χ0v) is 8.55. The summed E-state index contributed by atoms with van der Waals surface area (Å²) < 4.78 is 3.13. The van der Waals surface area contributed by atoms with Gasteiger partial charge in [-0.2, -0.15) is 17.7 Å². The Labute approximate surface area is 79.6 Å². The summed E-state index contributed by atoms with van der Waals surface area (Å²) in [6.07, 6.45) is 4.98. The molecule has 0 aromatic carbocycles. The van der Waals surface area contributed by atoms with E-state index >= 15 is 0 Å². The Hall–Kier alpha value is 0.290. The van der Waals surface area contributed by atoms with Crippen molar-refractivity contribution >= 4 is 35.2 Å². The van der Waals surface area contributed by atoms with Gasteiger partial charge in [0.15, 0.2) is 0 Å². The van der Waals surface area contributed by atoms with Crippen molar-refractivity contribution in [1.82, 2.24) is 9.78 Å². The maximum atomic E-state index is 4.13. The Balaban J connectivity index is 2.42. The summed E-state index contributed by atoms with van der Waals surface area (Å²) >= 11 is 6.36. The third-order valence-corrected chi connectivity index (χ3v) is 2.02. The van der Waals surface area contributed by atoms with Gasteiger partial charge in [0.2, 0.25) is 0 Å². The minimum Gasteiger partial charge on any atom is -0.272 e. The van der Waals surface area contributed by atoms with Gasteiger partial charge in [0.05, 0.1) is 9.77 Å². The third-order valence-electron chi connectivity index (χ3n) is 1.15. The van der Waals surface area contributed by atoms with Crippen molar-refractivity contribution in [1.29, 1.82) is 0 Å². The maximum Gasteiger partial charge on any atom is 0.0623 e. The van der Waals surface area contributed by atoms with Crippen molar-refractivity contribution in [3.8, 4) is 0 Å². The second-order valence-corrected chi connectivity index (χ2v) is 3.69. The van der Waals surface area contributed by atoms with Gasteiger partial charge in [-0.3, -0.25) is 4.68 Å². The van der Waals surface area contributed by atoms with Crippen LogP contribution in [-0.4, -0.2) is 15.5 Å². The van der Waals surface area contributed by atoms with E-state index in [0.29, 0.717) is 0 Å². The molecule has 0 bridgehead atoms. The second-order valence-electron chi connectivity index (χ2n) is 2.00. The van der Waals surface area contributed by atoms with Gasteiger partial charge in [0.25, 0.3) is 0 Å². The Kier molecular flexibility index (Phi) is 3.55. The Morgan fingerprint density at radius 1 is 1.70 bits per heavy atom. The molecule has 0 N–H and O–H groups in total. The molecule has 0 saturated heterocycles. The van der Waals surface area contributed by atoms with E-state index in [1.54, 1.807) is 0 Å². The number of rotatable bonds is 3. The predicted octanol–water partition coefficient (Wildman–Crippen LogP) is 1.81. The molecule has 0 radical (unpaired) electrons. The fourth-order valence-corrected chi connectivity index (χ4v) is 1.28. The summed E-state index contributed by atoms with van der Waals surface area (Å²) in [5, 5.41) is 4.13. The van der Waals surface area contributed by atoms with Crippen LogP contribution in [-0.2, 0) is 6.54 Å². The summed E-state index contributed by atoms with van der Waals surface area (Å²) in [6.45, 7) is 0.979. The van der Waals surface area contributed by atoms with Crippen LogP contribution in [0.4, 0.5) is 0 Å². The number of thiol groups is 1. The molecular weight excluding hydrogens is 259 g/mol. The van der Waals surface area contributed by atoms with Gasteiger partial charge in [0, 0.05) is 12.7 Å². The van der Waals surface area contributed by atoms with Crippen LogP contribution in [0.5, 0.6) is 0 Å². The number of hydrogen-bond donors (Lipinski definition) is 1. The average molecular weight is 268 g/mol. The summed E-state index contributed by atoms with van der Waals surface area (Å²) in [7, 11) is 0. The van der Waals surface area contributed by atoms with Gasteiger partial charge in [0.1, 0.15) is 0 Å². The van der Waals surface area contributed by atoms with E-state index in [0.717, 1.165) is 18.7 Å². The summed E-state index contributed by atoms with van der Waals surface area (Å²) in [6, 6.07) is 0. The zero-order chi connectivity index (χ0) is 7.40. The van der Waals surface area contributed by atoms with Crippen molar-refractivity contribution < 1.29 is 0 Å². The van der Waals surface area contributed by atoms with Crippen LogP contribution in [0.1, 0.15) is 6.42 Å². The molecule has 0 aliphatic heterocycles. The predicted molar refractivity (Wildman–Crippen MR) is 53.4 cm³/mol. The highest BCUT2D eigenvalue weighted by Crippen LogP contribution is 2.01. The monoisotopic (exact) mass is 268 g/mol. The lowest BCUT2D eigenvalue weighted by Gasteiger charge is -1.95. The highest BCUT2D eigenvalue weighted by molar-refractivity contribution is 14.1. The van der Waals surface area contributed by atoms with Crippen molar-refractivity contribution in [2.75, 3.05) is 5.75 Å². The molecule has 0 amide bonds. The lowest BCUT2D eigenvalue weighted by molar-refractivity contribution is 0.606. The largest absolute Gasteiger partial charge is 0.272 e. The molecule has 1 aromatic heterocycles. The van der Waals surface area contributed by atoms with Crippen LogP contribution in [0.3, 0.4) is 0 Å². The van der Waals surface area contributed by atoms with Gasteiger partial charge in [-0.15, -0.1) is 0 Å². The van der Waals surface area contributed by atoms with Gasteiger partial charge >= 0.3 is 0 Å². The molecule has 4 heteroatoms. The van der Waals surface area contributed by atoms with Crippen molar-refractivity contribution in [2.45, 2.75) is 13.0 Å². The summed E-state index contributed by atoms with van der Waals surface area (Å²) in [5.74, 6) is 0.927. The average Bonchev–Trinajstić information content (AvgIpc) is 2.31. The molecule has 1 rings (SSSR count). The Morgan fingerprint density at radius 2 is 2.50 bits per heavy atom. The fourth-order valence-electron chi connectivity index (χ4n) is 0.693. The number of nitrogens with zero attached hydrogens (tertiary/aromatic N) is 2. The molecule has 0 saturated carbocycles. The van der Waals surface area contributed by atoms with Gasteiger partial charge in [-0.1, -0.05) is 0 Å². The van der Waals surface area contributed by atoms with E-state index < -0.39 is 0 Å². The molecule has 0 aliphatic carbocycles. The quantitative estimate of drug-likeness (QED) is 0.654. The van der Waals surface area contributed by atoms with Gasteiger partial charge in [-0.25, -0.2) is 0 Å². The molecule has 1 aromatic rings. The third kappa shape index (κ3) is 2.49. The van der Waals surface area contributed by atoms with E-state index in [1.165, 1.54) is 3.57 Å². The topological polar surface area (TPSA) is 17.8 Å². The normalized spacial score (nSPS) is 10.2. The molecule has 0 aliphatic rings. The lowest BCUT2D eigenvalue weighted by atomic mass is 10.5. The van der Waals surface area contributed by atoms with Crippen LogP contribution in [0.15, 0.2) is 12.4 Å². The van der Waals surface area contributed by atoms with Crippen LogP contribution in [0, 0.1) is 3.57 Å². The number of aromatic nitrogens is 2. The SMILES string of the molecule is SCCCn1cc(I)cn1. The van der Waals surface area contributed by atoms with Crippen molar-refractivity contribution in [3.63, 3.8) is 0 Å². The highest BCUT2D eigenvalue weighted by Gasteiger charge is 1.92. The molecule has 1 heterocycles. The number of aryl methyl sites for hydroxylation is 1. The first kappa shape index (κ1) is 8.39. The van der Waals surface area contributed by atoms with Crippen molar-refractivity contribution in [2.24, 2.45) is 0 Å². The van der Waals surface area contributed by atoms with Crippen LogP contribution in [0.2, 0.25) is 0 Å². The fraction of sp³-hybridized carbons (Fsp3) is 0.500. The zero-order valence-electron chi connectivity index (χ0n) is 5.50. The first-order chi connectivity index (χ1) is 4.83. The van der Waals surface area contributed by atoms with Crippen molar-refractivity contribution in [3.05, 3.63) is 16.0 Å². The first-order valence-corrected chi connectivity index (χ1v) is 4.83. The second kappa shape index (κ2) is 4.23. The van der Waals surface area contributed by atoms with E-state index in [9.17, 15) is 0 Å². The molecule has 10 heavy (non-hydrogen) atoms. The summed E-state index contributed by atoms with van der Waals surface area (Å²) in [5.41, 5.74) is 0. The highest BCUT2D eigenvalue weighted by atomic mass is 127. The smallest absolute Gasteiger partial charge is 0.0623 e. The van der Waals surface area contributed by atoms with Crippen LogP contribution >= 0.6 is 35.2 Å². The molecule has 0 fully saturated rings. The summed E-state index contributed by atoms with van der Waals surface area (Å²) in [4.78, 5) is 0. The van der Waals surface area contributed by atoms with E-state index in [2.05, 4.69) is 40.3 Å². The molecule has 0 unspecified atom stereocenters. The Morgan fingerprint density at radius 3 is 3.00 bits per heavy atom. The minimum atomic E-state index is 0.927. The number of halogens is 1. The van der Waals surface area contributed by atoms with Gasteiger partial charge < -0.3 is 0 Å². The van der Waals surface area contributed by atoms with Gasteiger partial charge in [-0.05, 0) is 34.8 Å². The molecule has 0 spiro atoms. The number of hydrogen-bond acceptors (Lipinski definition) is 2. The van der Waals surface area contributed by atoms with E-state index in [1.807, 2.05) is 17.1 Å². The maximum absolute atomic E-state index is 4.13.